The molecule has 17 heteroatoms. The molecule has 2 aromatic rings. The van der Waals surface area contributed by atoms with E-state index in [1.165, 1.54) is 41.8 Å². The lowest BCUT2D eigenvalue weighted by Gasteiger charge is -2.15. The SMILES string of the molecule is C=CC(=O)OC.CC[C@H]1O[C@@H](n2cc(/C=C/C(=O)OC)c(=O)[nH]c2=O)C[C@H]1O.CC[C@H]1O[C@@H](n2cc(I)c(=O)[nH]c2=O)C[C@H]1O. The molecule has 2 fully saturated rings. The Hall–Kier alpha value is -3.65. The molecule has 4 rings (SSSR count). The number of ether oxygens (including phenoxy) is 4. The number of aromatic amines is 2. The summed E-state index contributed by atoms with van der Waals surface area (Å²) < 4.78 is 22.7. The smallest absolute Gasteiger partial charge is 0.330 e. The fraction of sp³-hybridized carbons (Fsp3) is 0.500. The van der Waals surface area contributed by atoms with Crippen molar-refractivity contribution in [3.63, 3.8) is 0 Å². The van der Waals surface area contributed by atoms with E-state index < -0.39 is 59.1 Å². The van der Waals surface area contributed by atoms with E-state index in [0.717, 1.165) is 12.2 Å². The van der Waals surface area contributed by atoms with Gasteiger partial charge in [-0.05, 0) is 41.5 Å². The number of halogens is 1. The highest BCUT2D eigenvalue weighted by atomic mass is 127. The Morgan fingerprint density at radius 1 is 0.911 bits per heavy atom. The fourth-order valence-electron chi connectivity index (χ4n) is 4.33. The van der Waals surface area contributed by atoms with Gasteiger partial charge in [-0.1, -0.05) is 20.4 Å². The maximum absolute atomic E-state index is 11.9. The van der Waals surface area contributed by atoms with Crippen molar-refractivity contribution >= 4 is 40.6 Å². The number of hydrogen-bond acceptors (Lipinski definition) is 12. The average molecular weight is 749 g/mol. The molecule has 0 spiro atoms. The molecule has 0 bridgehead atoms. The van der Waals surface area contributed by atoms with Crippen LogP contribution in [0.25, 0.3) is 6.08 Å². The lowest BCUT2D eigenvalue weighted by Crippen LogP contribution is -2.33. The summed E-state index contributed by atoms with van der Waals surface area (Å²) in [7, 11) is 2.53. The van der Waals surface area contributed by atoms with Crippen LogP contribution in [-0.2, 0) is 28.5 Å². The molecule has 16 nitrogen and oxygen atoms in total. The van der Waals surface area contributed by atoms with E-state index in [4.69, 9.17) is 9.47 Å². The first kappa shape index (κ1) is 37.5. The number of esters is 2. The van der Waals surface area contributed by atoms with E-state index in [0.29, 0.717) is 22.8 Å². The molecule has 248 valence electrons. The van der Waals surface area contributed by atoms with Gasteiger partial charge in [-0.3, -0.25) is 28.7 Å². The number of aliphatic hydroxyl groups excluding tert-OH is 2. The van der Waals surface area contributed by atoms with E-state index in [1.807, 2.05) is 36.4 Å². The van der Waals surface area contributed by atoms with Gasteiger partial charge in [-0.15, -0.1) is 0 Å². The van der Waals surface area contributed by atoms with Crippen LogP contribution in [0.1, 0.15) is 57.6 Å². The summed E-state index contributed by atoms with van der Waals surface area (Å²) in [6, 6.07) is 0. The number of hydrogen-bond donors (Lipinski definition) is 4. The van der Waals surface area contributed by atoms with Crippen LogP contribution in [0.3, 0.4) is 0 Å². The summed E-state index contributed by atoms with van der Waals surface area (Å²) in [6.07, 6.45) is 5.12. The van der Waals surface area contributed by atoms with Crippen molar-refractivity contribution < 1.29 is 38.7 Å². The molecule has 0 amide bonds. The highest BCUT2D eigenvalue weighted by Crippen LogP contribution is 2.30. The van der Waals surface area contributed by atoms with Gasteiger partial charge in [0.2, 0.25) is 0 Å². The number of aromatic nitrogens is 4. The largest absolute Gasteiger partial charge is 0.466 e. The second-order valence-electron chi connectivity index (χ2n) is 9.66. The van der Waals surface area contributed by atoms with Crippen molar-refractivity contribution in [1.29, 1.82) is 0 Å². The van der Waals surface area contributed by atoms with Gasteiger partial charge in [0.1, 0.15) is 12.5 Å². The molecule has 0 saturated carbocycles. The number of rotatable bonds is 7. The molecule has 4 heterocycles. The standard InChI is InChI=1S/C14H18N2O6.C10H13IN2O4.C4H6O2/c1-3-10-9(17)6-11(22-10)16-7-8(4-5-12(18)21-2)13(19)15-14(16)20;1-2-7-6(14)3-8(17-7)13-4-5(11)9(15)12-10(13)16;1-3-4(5)6-2/h4-5,7,9-11,17H,3,6H2,1-2H3,(H,15,19,20);4,6-8,14H,2-3H2,1H3,(H,12,15,16);3H,1H2,2H3/b5-4+;;/t9-,10-,11-;6-,7-,8-;/m11./s1. The first-order valence-corrected chi connectivity index (χ1v) is 14.9. The summed E-state index contributed by atoms with van der Waals surface area (Å²) >= 11 is 1.85. The Labute approximate surface area is 270 Å². The highest BCUT2D eigenvalue weighted by Gasteiger charge is 2.35. The molecule has 45 heavy (non-hydrogen) atoms. The Balaban J connectivity index is 0.000000272. The molecule has 0 radical (unpaired) electrons. The van der Waals surface area contributed by atoms with Crippen molar-refractivity contribution in [2.45, 2.75) is 76.4 Å². The second kappa shape index (κ2) is 17.7. The van der Waals surface area contributed by atoms with Gasteiger partial charge >= 0.3 is 23.3 Å². The molecule has 2 saturated heterocycles. The van der Waals surface area contributed by atoms with E-state index in [1.54, 1.807) is 0 Å². The first-order chi connectivity index (χ1) is 21.3. The predicted octanol–water partition coefficient (Wildman–Crippen LogP) is 0.326. The molecule has 0 aliphatic carbocycles. The third-order valence-corrected chi connectivity index (χ3v) is 7.49. The van der Waals surface area contributed by atoms with Crippen LogP contribution < -0.4 is 22.5 Å². The summed E-state index contributed by atoms with van der Waals surface area (Å²) in [4.78, 5) is 71.8. The fourth-order valence-corrected chi connectivity index (χ4v) is 4.76. The highest BCUT2D eigenvalue weighted by molar-refractivity contribution is 14.1. The molecule has 0 unspecified atom stereocenters. The summed E-state index contributed by atoms with van der Waals surface area (Å²) in [6.45, 7) is 6.94. The molecule has 2 aliphatic heterocycles. The van der Waals surface area contributed by atoms with Gasteiger partial charge in [0, 0.05) is 37.4 Å². The van der Waals surface area contributed by atoms with E-state index in [2.05, 4.69) is 26.0 Å². The van der Waals surface area contributed by atoms with Crippen LogP contribution in [0, 0.1) is 3.57 Å². The van der Waals surface area contributed by atoms with E-state index >= 15 is 0 Å². The van der Waals surface area contributed by atoms with Crippen molar-refractivity contribution in [1.82, 2.24) is 19.1 Å². The number of nitrogens with one attached hydrogen (secondary N) is 2. The van der Waals surface area contributed by atoms with Gasteiger partial charge in [-0.25, -0.2) is 19.2 Å². The minimum Gasteiger partial charge on any atom is -0.466 e. The minimum absolute atomic E-state index is 0.114. The molecule has 4 N–H and O–H groups in total. The topological polar surface area (TPSA) is 221 Å². The number of nitrogens with zero attached hydrogens (tertiary/aromatic N) is 2. The molecule has 2 aliphatic rings. The first-order valence-electron chi connectivity index (χ1n) is 13.8. The maximum atomic E-state index is 11.9. The zero-order valence-corrected chi connectivity index (χ0v) is 27.3. The quantitative estimate of drug-likeness (QED) is 0.171. The Morgan fingerprint density at radius 2 is 1.38 bits per heavy atom. The summed E-state index contributed by atoms with van der Waals surface area (Å²) in [5.41, 5.74) is -2.05. The summed E-state index contributed by atoms with van der Waals surface area (Å²) in [5.74, 6) is -1.01. The lowest BCUT2D eigenvalue weighted by atomic mass is 10.1. The number of H-pyrrole nitrogens is 2. The zero-order valence-electron chi connectivity index (χ0n) is 25.1. The van der Waals surface area contributed by atoms with Crippen LogP contribution >= 0.6 is 22.6 Å². The Kier molecular flexibility index (Phi) is 14.8. The lowest BCUT2D eigenvalue weighted by molar-refractivity contribution is -0.135. The van der Waals surface area contributed by atoms with Gasteiger partial charge in [0.15, 0.2) is 0 Å². The van der Waals surface area contributed by atoms with E-state index in [9.17, 15) is 39.0 Å². The third-order valence-electron chi connectivity index (χ3n) is 6.72. The minimum atomic E-state index is -0.664. The number of carbonyl (C=O) groups is 2. The van der Waals surface area contributed by atoms with Crippen LogP contribution in [0.2, 0.25) is 0 Å². The zero-order chi connectivity index (χ0) is 33.8. The normalized spacial score (nSPS) is 23.8. The Morgan fingerprint density at radius 3 is 1.78 bits per heavy atom. The molecule has 6 atom stereocenters. The van der Waals surface area contributed by atoms with E-state index in [-0.39, 0.29) is 24.2 Å². The average Bonchev–Trinajstić information content (AvgIpc) is 3.59. The number of aliphatic hydroxyl groups is 2. The number of methoxy groups -OCH3 is 2. The van der Waals surface area contributed by atoms with Crippen molar-refractivity contribution in [2.24, 2.45) is 0 Å². The van der Waals surface area contributed by atoms with Crippen LogP contribution in [0.4, 0.5) is 0 Å². The molecule has 0 aromatic carbocycles. The monoisotopic (exact) mass is 748 g/mol. The summed E-state index contributed by atoms with van der Waals surface area (Å²) in [5, 5.41) is 19.6. The van der Waals surface area contributed by atoms with Gasteiger partial charge in [0.05, 0.1) is 47.8 Å². The molecular weight excluding hydrogens is 711 g/mol. The number of carbonyl (C=O) groups excluding carboxylic acids is 2. The second-order valence-corrected chi connectivity index (χ2v) is 10.8. The molecule has 2 aromatic heterocycles. The van der Waals surface area contributed by atoms with Crippen molar-refractivity contribution in [3.8, 4) is 0 Å². The molecular formula is C28H37IN4O12. The third kappa shape index (κ3) is 10.5. The van der Waals surface area contributed by atoms with Crippen LogP contribution in [0.15, 0.2) is 50.3 Å². The van der Waals surface area contributed by atoms with Crippen LogP contribution in [-0.4, -0.2) is 79.9 Å². The van der Waals surface area contributed by atoms with Crippen molar-refractivity contribution in [2.75, 3.05) is 14.2 Å². The van der Waals surface area contributed by atoms with Gasteiger partial charge in [0.25, 0.3) is 11.1 Å². The predicted molar refractivity (Wildman–Crippen MR) is 168 cm³/mol. The Bertz CT molecular complexity index is 1590. The van der Waals surface area contributed by atoms with Crippen molar-refractivity contribution in [3.05, 3.63) is 81.9 Å². The van der Waals surface area contributed by atoms with Gasteiger partial charge in [-0.2, -0.15) is 0 Å². The van der Waals surface area contributed by atoms with Crippen LogP contribution in [0.5, 0.6) is 0 Å². The maximum Gasteiger partial charge on any atom is 0.330 e. The van der Waals surface area contributed by atoms with Gasteiger partial charge < -0.3 is 29.2 Å².